The number of aryl methyl sites for hydroxylation is 1. The number of nitrogens with zero attached hydrogens (tertiary/aromatic N) is 2. The predicted molar refractivity (Wildman–Crippen MR) is 137 cm³/mol. The fourth-order valence-electron chi connectivity index (χ4n) is 3.92. The number of rotatable bonds is 7. The standard InChI is InChI=1S/C26H25ClN4O3S/c1-18-25(21-8-4-3-5-9-21)19(2)31(29-18)22-14-12-20(13-15-22)16-17-28-26(32)30-35(33,34)24-11-7-6-10-23(24)27/h3-15H,16-17H2,1-2H3,(H2,28,30,32). The molecule has 180 valence electrons. The molecule has 0 saturated heterocycles. The molecule has 35 heavy (non-hydrogen) atoms. The fourth-order valence-corrected chi connectivity index (χ4v) is 5.37. The molecule has 0 bridgehead atoms. The second-order valence-corrected chi connectivity index (χ2v) is 10.1. The highest BCUT2D eigenvalue weighted by molar-refractivity contribution is 7.90. The summed E-state index contributed by atoms with van der Waals surface area (Å²) in [4.78, 5) is 12.0. The highest BCUT2D eigenvalue weighted by Crippen LogP contribution is 2.28. The molecule has 2 N–H and O–H groups in total. The lowest BCUT2D eigenvalue weighted by Crippen LogP contribution is -2.40. The van der Waals surface area contributed by atoms with Crippen molar-refractivity contribution in [1.29, 1.82) is 0 Å². The highest BCUT2D eigenvalue weighted by atomic mass is 35.5. The maximum atomic E-state index is 12.3. The molecule has 0 aliphatic heterocycles. The number of halogens is 1. The van der Waals surface area contributed by atoms with Crippen LogP contribution in [0.25, 0.3) is 16.8 Å². The lowest BCUT2D eigenvalue weighted by molar-refractivity contribution is 0.246. The van der Waals surface area contributed by atoms with Gasteiger partial charge in [-0.2, -0.15) is 5.10 Å². The van der Waals surface area contributed by atoms with E-state index in [1.165, 1.54) is 18.2 Å². The number of carbonyl (C=O) groups is 1. The first-order valence-electron chi connectivity index (χ1n) is 11.0. The summed E-state index contributed by atoms with van der Waals surface area (Å²) in [6.07, 6.45) is 0.534. The van der Waals surface area contributed by atoms with Crippen LogP contribution in [0.5, 0.6) is 0 Å². The summed E-state index contributed by atoms with van der Waals surface area (Å²) in [5.41, 5.74) is 6.20. The molecule has 0 atom stereocenters. The first-order valence-corrected chi connectivity index (χ1v) is 12.9. The van der Waals surface area contributed by atoms with E-state index in [2.05, 4.69) is 24.4 Å². The van der Waals surface area contributed by atoms with Gasteiger partial charge in [0.1, 0.15) is 4.90 Å². The van der Waals surface area contributed by atoms with Crippen LogP contribution in [0.15, 0.2) is 83.8 Å². The van der Waals surface area contributed by atoms with Crippen molar-refractivity contribution in [3.63, 3.8) is 0 Å². The SMILES string of the molecule is Cc1nn(-c2ccc(CCNC(=O)NS(=O)(=O)c3ccccc3Cl)cc2)c(C)c1-c1ccccc1. The maximum absolute atomic E-state index is 12.3. The van der Waals surface area contributed by atoms with Gasteiger partial charge in [0.05, 0.1) is 16.4 Å². The summed E-state index contributed by atoms with van der Waals surface area (Å²) in [6, 6.07) is 23.2. The third-order valence-corrected chi connectivity index (χ3v) is 7.42. The van der Waals surface area contributed by atoms with Gasteiger partial charge in [0.15, 0.2) is 0 Å². The quantitative estimate of drug-likeness (QED) is 0.365. The van der Waals surface area contributed by atoms with Crippen molar-refractivity contribution in [2.45, 2.75) is 25.2 Å². The number of hydrogen-bond donors (Lipinski definition) is 2. The molecule has 3 aromatic carbocycles. The van der Waals surface area contributed by atoms with E-state index in [0.29, 0.717) is 6.42 Å². The Balaban J connectivity index is 1.37. The molecule has 7 nitrogen and oxygen atoms in total. The van der Waals surface area contributed by atoms with Crippen LogP contribution >= 0.6 is 11.6 Å². The van der Waals surface area contributed by atoms with Crippen molar-refractivity contribution >= 4 is 27.7 Å². The topological polar surface area (TPSA) is 93.1 Å². The molecule has 0 aliphatic carbocycles. The largest absolute Gasteiger partial charge is 0.337 e. The Morgan fingerprint density at radius 3 is 2.29 bits per heavy atom. The monoisotopic (exact) mass is 508 g/mol. The van der Waals surface area contributed by atoms with Crippen molar-refractivity contribution in [2.75, 3.05) is 6.54 Å². The van der Waals surface area contributed by atoms with E-state index < -0.39 is 16.1 Å². The molecule has 9 heteroatoms. The Bertz CT molecular complexity index is 1450. The molecule has 4 rings (SSSR count). The van der Waals surface area contributed by atoms with E-state index >= 15 is 0 Å². The van der Waals surface area contributed by atoms with Gasteiger partial charge in [-0.25, -0.2) is 22.6 Å². The summed E-state index contributed by atoms with van der Waals surface area (Å²) in [5.74, 6) is 0. The summed E-state index contributed by atoms with van der Waals surface area (Å²) >= 11 is 5.93. The van der Waals surface area contributed by atoms with E-state index in [9.17, 15) is 13.2 Å². The fraction of sp³-hybridized carbons (Fsp3) is 0.154. The Kier molecular flexibility index (Phi) is 7.23. The number of urea groups is 1. The molecule has 1 aromatic heterocycles. The molecule has 4 aromatic rings. The minimum Gasteiger partial charge on any atom is -0.337 e. The van der Waals surface area contributed by atoms with E-state index in [1.807, 2.05) is 58.8 Å². The third-order valence-electron chi connectivity index (χ3n) is 5.59. The van der Waals surface area contributed by atoms with E-state index in [-0.39, 0.29) is 16.5 Å². The number of amides is 2. The second kappa shape index (κ2) is 10.3. The summed E-state index contributed by atoms with van der Waals surface area (Å²) < 4.78 is 28.6. The van der Waals surface area contributed by atoms with Crippen LogP contribution in [-0.2, 0) is 16.4 Å². The molecule has 0 fully saturated rings. The van der Waals surface area contributed by atoms with E-state index in [4.69, 9.17) is 16.7 Å². The zero-order valence-electron chi connectivity index (χ0n) is 19.3. The molecular formula is C26H25ClN4O3S. The summed E-state index contributed by atoms with van der Waals surface area (Å²) in [6.45, 7) is 4.32. The van der Waals surface area contributed by atoms with Gasteiger partial charge in [-0.15, -0.1) is 0 Å². The lowest BCUT2D eigenvalue weighted by Gasteiger charge is -2.10. The Morgan fingerprint density at radius 2 is 1.60 bits per heavy atom. The number of nitrogens with one attached hydrogen (secondary N) is 2. The zero-order valence-corrected chi connectivity index (χ0v) is 20.9. The van der Waals surface area contributed by atoms with Gasteiger partial charge in [-0.1, -0.05) is 66.2 Å². The summed E-state index contributed by atoms with van der Waals surface area (Å²) in [7, 11) is -4.05. The van der Waals surface area contributed by atoms with E-state index in [1.54, 1.807) is 6.07 Å². The molecule has 0 spiro atoms. The van der Waals surface area contributed by atoms with Crippen LogP contribution < -0.4 is 10.0 Å². The van der Waals surface area contributed by atoms with Crippen LogP contribution in [0.4, 0.5) is 4.79 Å². The van der Waals surface area contributed by atoms with Gasteiger partial charge in [0, 0.05) is 17.8 Å². The normalized spacial score (nSPS) is 11.3. The Morgan fingerprint density at radius 1 is 0.943 bits per heavy atom. The van der Waals surface area contributed by atoms with Crippen molar-refractivity contribution < 1.29 is 13.2 Å². The van der Waals surface area contributed by atoms with Crippen LogP contribution in [-0.4, -0.2) is 30.8 Å². The molecule has 0 aliphatic rings. The molecular weight excluding hydrogens is 484 g/mol. The van der Waals surface area contributed by atoms with E-state index in [0.717, 1.165) is 33.8 Å². The number of hydrogen-bond acceptors (Lipinski definition) is 4. The number of aromatic nitrogens is 2. The Labute approximate surface area is 209 Å². The second-order valence-electron chi connectivity index (χ2n) is 8.03. The molecule has 2 amide bonds. The van der Waals surface area contributed by atoms with Gasteiger partial charge in [0.2, 0.25) is 0 Å². The predicted octanol–water partition coefficient (Wildman–Crippen LogP) is 5.04. The first-order chi connectivity index (χ1) is 16.8. The molecule has 0 saturated carbocycles. The zero-order chi connectivity index (χ0) is 25.0. The molecule has 1 heterocycles. The molecule has 0 unspecified atom stereocenters. The molecule has 0 radical (unpaired) electrons. The summed E-state index contributed by atoms with van der Waals surface area (Å²) in [5, 5.41) is 7.34. The van der Waals surface area contributed by atoms with Crippen molar-refractivity contribution in [1.82, 2.24) is 19.8 Å². The number of carbonyl (C=O) groups excluding carboxylic acids is 1. The van der Waals surface area contributed by atoms with Gasteiger partial charge in [0.25, 0.3) is 10.0 Å². The van der Waals surface area contributed by atoms with Crippen molar-refractivity contribution in [3.8, 4) is 16.8 Å². The average molecular weight is 509 g/mol. The van der Waals surface area contributed by atoms with Gasteiger partial charge < -0.3 is 5.32 Å². The Hall–Kier alpha value is -3.62. The average Bonchev–Trinajstić information content (AvgIpc) is 3.13. The smallest absolute Gasteiger partial charge is 0.328 e. The lowest BCUT2D eigenvalue weighted by atomic mass is 10.0. The maximum Gasteiger partial charge on any atom is 0.328 e. The number of sulfonamides is 1. The minimum absolute atomic E-state index is 0.0476. The van der Waals surface area contributed by atoms with Crippen LogP contribution in [0.2, 0.25) is 5.02 Å². The van der Waals surface area contributed by atoms with Crippen molar-refractivity contribution in [2.24, 2.45) is 0 Å². The first kappa shape index (κ1) is 24.5. The third kappa shape index (κ3) is 5.55. The number of benzene rings is 3. The minimum atomic E-state index is -4.05. The van der Waals surface area contributed by atoms with Crippen molar-refractivity contribution in [3.05, 3.63) is 101 Å². The highest BCUT2D eigenvalue weighted by Gasteiger charge is 2.20. The van der Waals surface area contributed by atoms with Crippen LogP contribution in [0, 0.1) is 13.8 Å². The van der Waals surface area contributed by atoms with Gasteiger partial charge in [-0.3, -0.25) is 0 Å². The van der Waals surface area contributed by atoms with Gasteiger partial charge >= 0.3 is 6.03 Å². The van der Waals surface area contributed by atoms with Gasteiger partial charge in [-0.05, 0) is 55.7 Å². The van der Waals surface area contributed by atoms with Crippen LogP contribution in [0.3, 0.4) is 0 Å². The van der Waals surface area contributed by atoms with Crippen LogP contribution in [0.1, 0.15) is 17.0 Å².